The lowest BCUT2D eigenvalue weighted by molar-refractivity contribution is -0.139. The number of hydrogen-bond acceptors (Lipinski definition) is 3. The summed E-state index contributed by atoms with van der Waals surface area (Å²) in [4.78, 5) is 10.4. The second-order valence-electron chi connectivity index (χ2n) is 1.75. The lowest BCUT2D eigenvalue weighted by Crippen LogP contribution is -2.24. The van der Waals surface area contributed by atoms with Crippen LogP contribution in [-0.2, 0) is 9.53 Å². The van der Waals surface area contributed by atoms with E-state index in [1.54, 1.807) is 0 Å². The maximum Gasteiger partial charge on any atom is 0.319 e. The lowest BCUT2D eigenvalue weighted by Gasteiger charge is -1.98. The van der Waals surface area contributed by atoms with E-state index in [1.165, 1.54) is 7.11 Å². The summed E-state index contributed by atoms with van der Waals surface area (Å²) in [7, 11) is 1.38. The summed E-state index contributed by atoms with van der Waals surface area (Å²) < 4.78 is 4.40. The molecule has 0 bridgehead atoms. The van der Waals surface area contributed by atoms with Crippen molar-refractivity contribution >= 4 is 5.97 Å². The number of rotatable bonds is 4. The van der Waals surface area contributed by atoms with Gasteiger partial charge in [-0.1, -0.05) is 6.92 Å². The smallest absolute Gasteiger partial charge is 0.319 e. The minimum Gasteiger partial charge on any atom is -0.468 e. The van der Waals surface area contributed by atoms with E-state index in [1.807, 2.05) is 6.92 Å². The quantitative estimate of drug-likeness (QED) is 0.436. The minimum atomic E-state index is -0.205. The molecule has 0 rings (SSSR count). The third-order valence-corrected chi connectivity index (χ3v) is 0.924. The summed E-state index contributed by atoms with van der Waals surface area (Å²) >= 11 is 0. The fourth-order valence-corrected chi connectivity index (χ4v) is 0.439. The maximum absolute atomic E-state index is 10.4. The molecule has 0 aromatic rings. The number of carbonyl (C=O) groups excluding carboxylic acids is 1. The number of esters is 1. The van der Waals surface area contributed by atoms with Crippen LogP contribution in [0.4, 0.5) is 0 Å². The number of nitrogens with one attached hydrogen (secondary N) is 1. The SMILES string of the molecule is CCCNCC(=O)OC. The van der Waals surface area contributed by atoms with Gasteiger partial charge in [-0.25, -0.2) is 0 Å². The van der Waals surface area contributed by atoms with Crippen LogP contribution in [-0.4, -0.2) is 26.2 Å². The van der Waals surface area contributed by atoms with Crippen LogP contribution in [0.3, 0.4) is 0 Å². The Morgan fingerprint density at radius 3 is 2.78 bits per heavy atom. The molecule has 0 unspecified atom stereocenters. The molecule has 0 amide bonds. The maximum atomic E-state index is 10.4. The predicted molar refractivity (Wildman–Crippen MR) is 35.2 cm³/mol. The molecule has 54 valence electrons. The van der Waals surface area contributed by atoms with Gasteiger partial charge < -0.3 is 10.1 Å². The van der Waals surface area contributed by atoms with Crippen LogP contribution in [0.5, 0.6) is 0 Å². The first kappa shape index (κ1) is 8.43. The van der Waals surface area contributed by atoms with E-state index in [4.69, 9.17) is 0 Å². The molecule has 0 fully saturated rings. The van der Waals surface area contributed by atoms with Crippen LogP contribution < -0.4 is 5.32 Å². The highest BCUT2D eigenvalue weighted by molar-refractivity contribution is 5.71. The van der Waals surface area contributed by atoms with Gasteiger partial charge in [0.25, 0.3) is 0 Å². The first-order chi connectivity index (χ1) is 4.31. The van der Waals surface area contributed by atoms with Crippen molar-refractivity contribution in [3.63, 3.8) is 0 Å². The molecule has 0 aliphatic carbocycles. The van der Waals surface area contributed by atoms with Crippen molar-refractivity contribution in [2.45, 2.75) is 13.3 Å². The van der Waals surface area contributed by atoms with Crippen molar-refractivity contribution in [3.8, 4) is 0 Å². The Morgan fingerprint density at radius 2 is 2.33 bits per heavy atom. The van der Waals surface area contributed by atoms with Gasteiger partial charge in [0.05, 0.1) is 13.7 Å². The second kappa shape index (κ2) is 5.56. The molecule has 0 aromatic carbocycles. The predicted octanol–water partition coefficient (Wildman–Crippen LogP) is 0.159. The summed E-state index contributed by atoms with van der Waals surface area (Å²) in [5.41, 5.74) is 0. The Bertz CT molecular complexity index is 83.1. The van der Waals surface area contributed by atoms with Crippen molar-refractivity contribution < 1.29 is 9.53 Å². The highest BCUT2D eigenvalue weighted by Crippen LogP contribution is 1.71. The molecule has 0 spiro atoms. The molecule has 0 saturated carbocycles. The Kier molecular flexibility index (Phi) is 5.21. The van der Waals surface area contributed by atoms with Gasteiger partial charge in [0.15, 0.2) is 0 Å². The average Bonchev–Trinajstić information content (AvgIpc) is 1.89. The normalized spacial score (nSPS) is 9.11. The molecule has 0 heterocycles. The third kappa shape index (κ3) is 5.30. The largest absolute Gasteiger partial charge is 0.468 e. The topological polar surface area (TPSA) is 38.3 Å². The number of methoxy groups -OCH3 is 1. The molecule has 3 nitrogen and oxygen atoms in total. The molecular weight excluding hydrogens is 118 g/mol. The summed E-state index contributed by atoms with van der Waals surface area (Å²) in [6, 6.07) is 0. The van der Waals surface area contributed by atoms with Gasteiger partial charge in [-0.3, -0.25) is 4.79 Å². The zero-order chi connectivity index (χ0) is 7.11. The fraction of sp³-hybridized carbons (Fsp3) is 0.833. The Balaban J connectivity index is 2.97. The molecule has 9 heavy (non-hydrogen) atoms. The van der Waals surface area contributed by atoms with Gasteiger partial charge in [-0.15, -0.1) is 0 Å². The van der Waals surface area contributed by atoms with Gasteiger partial charge in [0.1, 0.15) is 0 Å². The molecule has 1 N–H and O–H groups in total. The Morgan fingerprint density at radius 1 is 1.67 bits per heavy atom. The van der Waals surface area contributed by atoms with E-state index in [0.717, 1.165) is 13.0 Å². The van der Waals surface area contributed by atoms with Gasteiger partial charge in [-0.2, -0.15) is 0 Å². The van der Waals surface area contributed by atoms with Crippen LogP contribution in [0.1, 0.15) is 13.3 Å². The second-order valence-corrected chi connectivity index (χ2v) is 1.75. The minimum absolute atomic E-state index is 0.205. The summed E-state index contributed by atoms with van der Waals surface area (Å²) in [6.07, 6.45) is 1.04. The van der Waals surface area contributed by atoms with Gasteiger partial charge >= 0.3 is 5.97 Å². The van der Waals surface area contributed by atoms with Crippen molar-refractivity contribution in [2.24, 2.45) is 0 Å². The highest BCUT2D eigenvalue weighted by Gasteiger charge is 1.95. The Hall–Kier alpha value is -0.570. The van der Waals surface area contributed by atoms with E-state index in [2.05, 4.69) is 10.1 Å². The Labute approximate surface area is 55.4 Å². The molecule has 0 radical (unpaired) electrons. The molecular formula is C6H13NO2. The van der Waals surface area contributed by atoms with Crippen molar-refractivity contribution in [1.82, 2.24) is 5.32 Å². The van der Waals surface area contributed by atoms with E-state index < -0.39 is 0 Å². The van der Waals surface area contributed by atoms with Crippen molar-refractivity contribution in [2.75, 3.05) is 20.2 Å². The third-order valence-electron chi connectivity index (χ3n) is 0.924. The van der Waals surface area contributed by atoms with Crippen molar-refractivity contribution in [3.05, 3.63) is 0 Å². The summed E-state index contributed by atoms with van der Waals surface area (Å²) in [5.74, 6) is -0.205. The first-order valence-electron chi connectivity index (χ1n) is 3.08. The van der Waals surface area contributed by atoms with E-state index >= 15 is 0 Å². The first-order valence-corrected chi connectivity index (χ1v) is 3.08. The van der Waals surface area contributed by atoms with Crippen LogP contribution in [0, 0.1) is 0 Å². The lowest BCUT2D eigenvalue weighted by atomic mass is 10.5. The number of hydrogen-bond donors (Lipinski definition) is 1. The molecule has 3 heteroatoms. The highest BCUT2D eigenvalue weighted by atomic mass is 16.5. The van der Waals surface area contributed by atoms with Crippen LogP contribution in [0.2, 0.25) is 0 Å². The van der Waals surface area contributed by atoms with Gasteiger partial charge in [0, 0.05) is 0 Å². The summed E-state index contributed by atoms with van der Waals surface area (Å²) in [5, 5.41) is 2.91. The average molecular weight is 131 g/mol. The van der Waals surface area contributed by atoms with Gasteiger partial charge in [0.2, 0.25) is 0 Å². The molecule has 0 atom stereocenters. The zero-order valence-electron chi connectivity index (χ0n) is 5.94. The number of ether oxygens (including phenoxy) is 1. The monoisotopic (exact) mass is 131 g/mol. The van der Waals surface area contributed by atoms with E-state index in [-0.39, 0.29) is 5.97 Å². The molecule has 0 aromatic heterocycles. The standard InChI is InChI=1S/C6H13NO2/c1-3-4-7-5-6(8)9-2/h7H,3-5H2,1-2H3. The molecule has 0 saturated heterocycles. The van der Waals surface area contributed by atoms with E-state index in [0.29, 0.717) is 6.54 Å². The number of carbonyl (C=O) groups is 1. The van der Waals surface area contributed by atoms with Gasteiger partial charge in [-0.05, 0) is 13.0 Å². The van der Waals surface area contributed by atoms with Crippen LogP contribution in [0.25, 0.3) is 0 Å². The summed E-state index contributed by atoms with van der Waals surface area (Å²) in [6.45, 7) is 3.24. The van der Waals surface area contributed by atoms with Crippen molar-refractivity contribution in [1.29, 1.82) is 0 Å². The zero-order valence-corrected chi connectivity index (χ0v) is 5.94. The van der Waals surface area contributed by atoms with Crippen LogP contribution >= 0.6 is 0 Å². The fourth-order valence-electron chi connectivity index (χ4n) is 0.439. The molecule has 0 aliphatic rings. The van der Waals surface area contributed by atoms with E-state index in [9.17, 15) is 4.79 Å². The van der Waals surface area contributed by atoms with Crippen LogP contribution in [0.15, 0.2) is 0 Å². The molecule has 0 aliphatic heterocycles.